The Labute approximate surface area is 191 Å². The third-order valence-electron chi connectivity index (χ3n) is 5.75. The van der Waals surface area contributed by atoms with Gasteiger partial charge in [0, 0.05) is 16.9 Å². The Kier molecular flexibility index (Phi) is 5.59. The zero-order valence-corrected chi connectivity index (χ0v) is 18.1. The van der Waals surface area contributed by atoms with Gasteiger partial charge in [0.1, 0.15) is 7.85 Å². The zero-order chi connectivity index (χ0) is 21.8. The normalized spacial score (nSPS) is 10.6. The van der Waals surface area contributed by atoms with Gasteiger partial charge in [0.25, 0.3) is 0 Å². The quantitative estimate of drug-likeness (QED) is 0.290. The molecule has 0 aromatic heterocycles. The molecule has 0 atom stereocenters. The minimum atomic E-state index is 1.14. The van der Waals surface area contributed by atoms with E-state index in [2.05, 4.69) is 146 Å². The lowest BCUT2D eigenvalue weighted by atomic mass is 9.95. The van der Waals surface area contributed by atoms with Crippen LogP contribution < -0.4 is 10.4 Å². The molecule has 0 unspecified atom stereocenters. The van der Waals surface area contributed by atoms with Crippen LogP contribution in [0.15, 0.2) is 133 Å². The molecule has 5 aromatic rings. The third kappa shape index (κ3) is 4.08. The van der Waals surface area contributed by atoms with Crippen LogP contribution in [-0.4, -0.2) is 7.85 Å². The summed E-state index contributed by atoms with van der Waals surface area (Å²) < 4.78 is 0. The molecule has 0 saturated carbocycles. The van der Waals surface area contributed by atoms with Gasteiger partial charge in [0.2, 0.25) is 0 Å². The Morgan fingerprint density at radius 3 is 1.50 bits per heavy atom. The predicted molar refractivity (Wildman–Crippen MR) is 140 cm³/mol. The second-order valence-electron chi connectivity index (χ2n) is 7.97. The van der Waals surface area contributed by atoms with Crippen molar-refractivity contribution in [2.24, 2.45) is 0 Å². The summed E-state index contributed by atoms with van der Waals surface area (Å²) in [6.07, 6.45) is 0. The van der Waals surface area contributed by atoms with Crippen LogP contribution in [0.2, 0.25) is 0 Å². The maximum absolute atomic E-state index is 2.34. The summed E-state index contributed by atoms with van der Waals surface area (Å²) in [6, 6.07) is 47.3. The predicted octanol–water partition coefficient (Wildman–Crippen LogP) is 6.75. The Morgan fingerprint density at radius 1 is 0.406 bits per heavy atom. The van der Waals surface area contributed by atoms with Gasteiger partial charge in [-0.2, -0.15) is 0 Å². The van der Waals surface area contributed by atoms with Gasteiger partial charge in [-0.15, -0.1) is 0 Å². The van der Waals surface area contributed by atoms with Crippen molar-refractivity contribution in [2.75, 3.05) is 4.90 Å². The first-order chi connectivity index (χ1) is 15.8. The summed E-state index contributed by atoms with van der Waals surface area (Å²) >= 11 is 0. The van der Waals surface area contributed by atoms with Gasteiger partial charge in [-0.3, -0.25) is 0 Å². The van der Waals surface area contributed by atoms with E-state index in [9.17, 15) is 0 Å². The summed E-state index contributed by atoms with van der Waals surface area (Å²) in [5.41, 5.74) is 9.56. The Bertz CT molecular complexity index is 1290. The van der Waals surface area contributed by atoms with Gasteiger partial charge in [-0.25, -0.2) is 0 Å². The number of nitrogens with zero attached hydrogens (tertiary/aromatic N) is 1. The van der Waals surface area contributed by atoms with Crippen molar-refractivity contribution >= 4 is 30.4 Å². The standard InChI is InChI=1S/C30H24BN/c31-26-17-21-28(22-18-26)32(27-19-15-24(16-20-27)23-9-3-1-4-10-23)30-14-8-7-13-29(30)25-11-5-2-6-12-25/h1-22H,31H2. The zero-order valence-electron chi connectivity index (χ0n) is 18.1. The Morgan fingerprint density at radius 2 is 0.875 bits per heavy atom. The number of hydrogen-bond acceptors (Lipinski definition) is 1. The number of anilines is 3. The van der Waals surface area contributed by atoms with E-state index in [-0.39, 0.29) is 0 Å². The first kappa shape index (κ1) is 19.9. The summed E-state index contributed by atoms with van der Waals surface area (Å²) in [5, 5.41) is 0. The topological polar surface area (TPSA) is 3.24 Å². The molecule has 0 radical (unpaired) electrons. The van der Waals surface area contributed by atoms with Crippen LogP contribution in [-0.2, 0) is 0 Å². The molecule has 152 valence electrons. The molecule has 0 aliphatic rings. The average molecular weight is 409 g/mol. The maximum Gasteiger partial charge on any atom is 0.139 e. The highest BCUT2D eigenvalue weighted by atomic mass is 15.1. The fourth-order valence-electron chi connectivity index (χ4n) is 4.09. The van der Waals surface area contributed by atoms with E-state index in [1.54, 1.807) is 0 Å². The van der Waals surface area contributed by atoms with Gasteiger partial charge in [0.05, 0.1) is 5.69 Å². The molecule has 5 rings (SSSR count). The molecule has 0 bridgehead atoms. The van der Waals surface area contributed by atoms with Gasteiger partial charge >= 0.3 is 0 Å². The van der Waals surface area contributed by atoms with Crippen molar-refractivity contribution in [1.82, 2.24) is 0 Å². The molecule has 0 N–H and O–H groups in total. The molecule has 1 nitrogen and oxygen atoms in total. The van der Waals surface area contributed by atoms with Crippen molar-refractivity contribution in [1.29, 1.82) is 0 Å². The van der Waals surface area contributed by atoms with E-state index >= 15 is 0 Å². The minimum Gasteiger partial charge on any atom is -0.310 e. The van der Waals surface area contributed by atoms with Crippen LogP contribution >= 0.6 is 0 Å². The third-order valence-corrected chi connectivity index (χ3v) is 5.75. The lowest BCUT2D eigenvalue weighted by Crippen LogP contribution is -2.12. The van der Waals surface area contributed by atoms with Gasteiger partial charge in [-0.05, 0) is 47.0 Å². The Balaban J connectivity index is 1.64. The first-order valence-corrected chi connectivity index (χ1v) is 11.0. The van der Waals surface area contributed by atoms with Gasteiger partial charge in [0.15, 0.2) is 0 Å². The van der Waals surface area contributed by atoms with E-state index in [0.717, 1.165) is 17.1 Å². The summed E-state index contributed by atoms with van der Waals surface area (Å²) in [5.74, 6) is 0. The molecule has 2 heteroatoms. The van der Waals surface area contributed by atoms with Crippen molar-refractivity contribution in [2.45, 2.75) is 0 Å². The van der Waals surface area contributed by atoms with E-state index in [1.165, 1.54) is 27.7 Å². The highest BCUT2D eigenvalue weighted by molar-refractivity contribution is 6.32. The fourth-order valence-corrected chi connectivity index (χ4v) is 4.09. The van der Waals surface area contributed by atoms with E-state index in [1.807, 2.05) is 0 Å². The molecule has 32 heavy (non-hydrogen) atoms. The monoisotopic (exact) mass is 409 g/mol. The van der Waals surface area contributed by atoms with Crippen LogP contribution in [0.25, 0.3) is 22.3 Å². The highest BCUT2D eigenvalue weighted by Crippen LogP contribution is 2.40. The van der Waals surface area contributed by atoms with Crippen molar-refractivity contribution in [3.63, 3.8) is 0 Å². The molecule has 0 spiro atoms. The SMILES string of the molecule is Bc1ccc(N(c2ccc(-c3ccccc3)cc2)c2ccccc2-c2ccccc2)cc1. The van der Waals surface area contributed by atoms with Crippen LogP contribution in [0.1, 0.15) is 0 Å². The number of para-hydroxylation sites is 1. The molecule has 0 saturated heterocycles. The lowest BCUT2D eigenvalue weighted by Gasteiger charge is -2.28. The maximum atomic E-state index is 2.34. The summed E-state index contributed by atoms with van der Waals surface area (Å²) in [6.45, 7) is 0. The number of rotatable bonds is 5. The molecule has 0 fully saturated rings. The lowest BCUT2D eigenvalue weighted by molar-refractivity contribution is 1.29. The van der Waals surface area contributed by atoms with Crippen molar-refractivity contribution in [3.05, 3.63) is 133 Å². The Hall–Kier alpha value is -4.04. The van der Waals surface area contributed by atoms with Crippen LogP contribution in [0.3, 0.4) is 0 Å². The number of benzene rings is 5. The molecular weight excluding hydrogens is 385 g/mol. The van der Waals surface area contributed by atoms with Crippen LogP contribution in [0.5, 0.6) is 0 Å². The van der Waals surface area contributed by atoms with E-state index < -0.39 is 0 Å². The molecule has 0 aliphatic heterocycles. The molecule has 0 heterocycles. The molecule has 0 amide bonds. The van der Waals surface area contributed by atoms with Crippen LogP contribution in [0, 0.1) is 0 Å². The first-order valence-electron chi connectivity index (χ1n) is 11.0. The molecule has 0 aliphatic carbocycles. The van der Waals surface area contributed by atoms with Gasteiger partial charge in [-0.1, -0.05) is 109 Å². The summed E-state index contributed by atoms with van der Waals surface area (Å²) in [7, 11) is 2.13. The molecule has 5 aromatic carbocycles. The fraction of sp³-hybridized carbons (Fsp3) is 0. The second kappa shape index (κ2) is 8.99. The highest BCUT2D eigenvalue weighted by Gasteiger charge is 2.16. The van der Waals surface area contributed by atoms with Gasteiger partial charge < -0.3 is 4.90 Å². The second-order valence-corrected chi connectivity index (χ2v) is 7.97. The number of hydrogen-bond donors (Lipinski definition) is 0. The average Bonchev–Trinajstić information content (AvgIpc) is 2.87. The van der Waals surface area contributed by atoms with Crippen molar-refractivity contribution in [3.8, 4) is 22.3 Å². The largest absolute Gasteiger partial charge is 0.310 e. The molecular formula is C30H24BN. The smallest absolute Gasteiger partial charge is 0.139 e. The van der Waals surface area contributed by atoms with E-state index in [0.29, 0.717) is 0 Å². The van der Waals surface area contributed by atoms with Crippen molar-refractivity contribution < 1.29 is 0 Å². The van der Waals surface area contributed by atoms with Crippen LogP contribution in [0.4, 0.5) is 17.1 Å². The minimum absolute atomic E-state index is 1.14. The summed E-state index contributed by atoms with van der Waals surface area (Å²) in [4.78, 5) is 2.34. The van der Waals surface area contributed by atoms with E-state index in [4.69, 9.17) is 0 Å².